The number of hydrogen-bond acceptors (Lipinski definition) is 4. The number of nitrogens with one attached hydrogen (secondary N) is 1. The van der Waals surface area contributed by atoms with Crippen molar-refractivity contribution < 1.29 is 4.39 Å². The molecule has 4 rings (SSSR count). The Hall–Kier alpha value is -3.86. The zero-order valence-corrected chi connectivity index (χ0v) is 15.0. The molecule has 0 saturated heterocycles. The molecule has 0 saturated carbocycles. The van der Waals surface area contributed by atoms with E-state index in [4.69, 9.17) is 0 Å². The van der Waals surface area contributed by atoms with Crippen LogP contribution in [0, 0.1) is 5.82 Å². The summed E-state index contributed by atoms with van der Waals surface area (Å²) in [5.74, 6) is 0.107. The van der Waals surface area contributed by atoms with Gasteiger partial charge in [-0.3, -0.25) is 0 Å². The lowest BCUT2D eigenvalue weighted by molar-refractivity contribution is 0.628. The van der Waals surface area contributed by atoms with Gasteiger partial charge in [-0.1, -0.05) is 72.8 Å². The van der Waals surface area contributed by atoms with E-state index in [1.165, 1.54) is 12.1 Å². The van der Waals surface area contributed by atoms with Gasteiger partial charge in [0.15, 0.2) is 0 Å². The van der Waals surface area contributed by atoms with Gasteiger partial charge >= 0.3 is 0 Å². The Kier molecular flexibility index (Phi) is 5.15. The Labute approximate surface area is 162 Å². The van der Waals surface area contributed by atoms with Crippen molar-refractivity contribution in [3.05, 3.63) is 102 Å². The van der Waals surface area contributed by atoms with Gasteiger partial charge in [0.05, 0.1) is 17.6 Å². The minimum atomic E-state index is -0.281. The van der Waals surface area contributed by atoms with Crippen molar-refractivity contribution in [2.75, 3.05) is 5.43 Å². The molecular weight excluding hydrogens is 351 g/mol. The quantitative estimate of drug-likeness (QED) is 0.379. The van der Waals surface area contributed by atoms with E-state index in [2.05, 4.69) is 20.5 Å². The Morgan fingerprint density at radius 1 is 0.714 bits per heavy atom. The maximum Gasteiger partial charge on any atom is 0.244 e. The third-order valence-electron chi connectivity index (χ3n) is 4.11. The maximum absolute atomic E-state index is 13.0. The van der Waals surface area contributed by atoms with Gasteiger partial charge in [-0.2, -0.15) is 5.10 Å². The molecule has 0 aliphatic heterocycles. The third kappa shape index (κ3) is 4.27. The highest BCUT2D eigenvalue weighted by atomic mass is 19.1. The second-order valence-electron chi connectivity index (χ2n) is 6.12. The summed E-state index contributed by atoms with van der Waals surface area (Å²) in [6.45, 7) is 0. The fourth-order valence-corrected chi connectivity index (χ4v) is 2.72. The predicted octanol–water partition coefficient (Wildman–Crippen LogP) is 5.40. The number of hydrogen-bond donors (Lipinski definition) is 1. The second kappa shape index (κ2) is 8.22. The number of hydrazone groups is 1. The van der Waals surface area contributed by atoms with Gasteiger partial charge in [0.1, 0.15) is 5.82 Å². The van der Waals surface area contributed by atoms with Crippen LogP contribution in [0.3, 0.4) is 0 Å². The van der Waals surface area contributed by atoms with Gasteiger partial charge in [-0.05, 0) is 23.8 Å². The summed E-state index contributed by atoms with van der Waals surface area (Å²) in [6.07, 6.45) is 1.60. The molecule has 0 fully saturated rings. The molecule has 136 valence electrons. The molecule has 28 heavy (non-hydrogen) atoms. The van der Waals surface area contributed by atoms with Crippen LogP contribution >= 0.6 is 0 Å². The van der Waals surface area contributed by atoms with Crippen molar-refractivity contribution in [2.24, 2.45) is 5.10 Å². The first-order valence-corrected chi connectivity index (χ1v) is 8.82. The molecule has 5 heteroatoms. The van der Waals surface area contributed by atoms with Crippen LogP contribution in [0.15, 0.2) is 96.1 Å². The van der Waals surface area contributed by atoms with Crippen molar-refractivity contribution in [1.82, 2.24) is 9.97 Å². The Bertz CT molecular complexity index is 1020. The van der Waals surface area contributed by atoms with Gasteiger partial charge in [-0.25, -0.2) is 19.8 Å². The number of benzene rings is 3. The fourth-order valence-electron chi connectivity index (χ4n) is 2.72. The summed E-state index contributed by atoms with van der Waals surface area (Å²) < 4.78 is 13.0. The summed E-state index contributed by atoms with van der Waals surface area (Å²) in [4.78, 5) is 9.16. The van der Waals surface area contributed by atoms with Crippen LogP contribution in [0.5, 0.6) is 0 Å². The van der Waals surface area contributed by atoms with Crippen LogP contribution in [0.2, 0.25) is 0 Å². The summed E-state index contributed by atoms with van der Waals surface area (Å²) >= 11 is 0. The average Bonchev–Trinajstić information content (AvgIpc) is 2.76. The SMILES string of the molecule is Fc1ccc(C=NNc2nc(-c3ccccc3)cc(-c3ccccc3)n2)cc1. The van der Waals surface area contributed by atoms with Gasteiger partial charge in [0, 0.05) is 11.1 Å². The number of aromatic nitrogens is 2. The van der Waals surface area contributed by atoms with E-state index < -0.39 is 0 Å². The van der Waals surface area contributed by atoms with Crippen LogP contribution in [-0.2, 0) is 0 Å². The molecule has 1 N–H and O–H groups in total. The molecule has 1 aromatic heterocycles. The van der Waals surface area contributed by atoms with E-state index >= 15 is 0 Å². The molecule has 0 aliphatic rings. The minimum absolute atomic E-state index is 0.281. The Balaban J connectivity index is 1.66. The van der Waals surface area contributed by atoms with Crippen LogP contribution in [0.25, 0.3) is 22.5 Å². The van der Waals surface area contributed by atoms with Crippen molar-refractivity contribution >= 4 is 12.2 Å². The highest BCUT2D eigenvalue weighted by Crippen LogP contribution is 2.25. The molecule has 0 unspecified atom stereocenters. The van der Waals surface area contributed by atoms with Gasteiger partial charge in [-0.15, -0.1) is 0 Å². The van der Waals surface area contributed by atoms with E-state index in [1.54, 1.807) is 18.3 Å². The molecule has 0 spiro atoms. The van der Waals surface area contributed by atoms with E-state index in [1.807, 2.05) is 66.7 Å². The smallest absolute Gasteiger partial charge is 0.244 e. The number of halogens is 1. The van der Waals surface area contributed by atoms with Gasteiger partial charge in [0.2, 0.25) is 5.95 Å². The average molecular weight is 368 g/mol. The van der Waals surface area contributed by atoms with E-state index in [0.717, 1.165) is 28.1 Å². The molecule has 1 heterocycles. The lowest BCUT2D eigenvalue weighted by Crippen LogP contribution is -2.00. The van der Waals surface area contributed by atoms with Crippen LogP contribution in [-0.4, -0.2) is 16.2 Å². The zero-order chi connectivity index (χ0) is 19.2. The summed E-state index contributed by atoms with van der Waals surface area (Å²) in [5, 5.41) is 4.19. The summed E-state index contributed by atoms with van der Waals surface area (Å²) in [6, 6.07) is 27.9. The second-order valence-corrected chi connectivity index (χ2v) is 6.12. The number of nitrogens with zero attached hydrogens (tertiary/aromatic N) is 3. The standard InChI is InChI=1S/C23H17FN4/c24-20-13-11-17(12-14-20)16-25-28-23-26-21(18-7-3-1-4-8-18)15-22(27-23)19-9-5-2-6-10-19/h1-16H,(H,26,27,28). The topological polar surface area (TPSA) is 50.2 Å². The molecule has 3 aromatic carbocycles. The number of anilines is 1. The van der Waals surface area contributed by atoms with Crippen molar-refractivity contribution in [3.63, 3.8) is 0 Å². The van der Waals surface area contributed by atoms with Crippen molar-refractivity contribution in [3.8, 4) is 22.5 Å². The molecule has 0 radical (unpaired) electrons. The van der Waals surface area contributed by atoms with Crippen LogP contribution in [0.4, 0.5) is 10.3 Å². The highest BCUT2D eigenvalue weighted by Gasteiger charge is 2.08. The monoisotopic (exact) mass is 368 g/mol. The molecule has 4 aromatic rings. The van der Waals surface area contributed by atoms with Gasteiger partial charge < -0.3 is 0 Å². The van der Waals surface area contributed by atoms with E-state index in [-0.39, 0.29) is 5.82 Å². The van der Waals surface area contributed by atoms with Gasteiger partial charge in [0.25, 0.3) is 0 Å². The fraction of sp³-hybridized carbons (Fsp3) is 0. The van der Waals surface area contributed by atoms with E-state index in [0.29, 0.717) is 5.95 Å². The zero-order valence-electron chi connectivity index (χ0n) is 15.0. The normalized spacial score (nSPS) is 10.9. The Morgan fingerprint density at radius 2 is 1.25 bits per heavy atom. The molecular formula is C23H17FN4. The molecule has 4 nitrogen and oxygen atoms in total. The van der Waals surface area contributed by atoms with Crippen LogP contribution < -0.4 is 5.43 Å². The lowest BCUT2D eigenvalue weighted by Gasteiger charge is -2.08. The molecule has 0 bridgehead atoms. The van der Waals surface area contributed by atoms with Crippen LogP contribution in [0.1, 0.15) is 5.56 Å². The predicted molar refractivity (Wildman–Crippen MR) is 111 cm³/mol. The minimum Gasteiger partial charge on any atom is -0.245 e. The maximum atomic E-state index is 13.0. The summed E-state index contributed by atoms with van der Waals surface area (Å²) in [7, 11) is 0. The molecule has 0 amide bonds. The number of rotatable bonds is 5. The first-order valence-electron chi connectivity index (χ1n) is 8.82. The third-order valence-corrected chi connectivity index (χ3v) is 4.11. The molecule has 0 aliphatic carbocycles. The highest BCUT2D eigenvalue weighted by molar-refractivity contribution is 5.80. The first-order chi connectivity index (χ1) is 13.8. The van der Waals surface area contributed by atoms with Crippen molar-refractivity contribution in [1.29, 1.82) is 0 Å². The van der Waals surface area contributed by atoms with E-state index in [9.17, 15) is 4.39 Å². The Morgan fingerprint density at radius 3 is 1.79 bits per heavy atom. The van der Waals surface area contributed by atoms with Crippen molar-refractivity contribution in [2.45, 2.75) is 0 Å². The molecule has 0 atom stereocenters. The largest absolute Gasteiger partial charge is 0.245 e. The lowest BCUT2D eigenvalue weighted by atomic mass is 10.1. The summed E-state index contributed by atoms with van der Waals surface area (Å²) in [5.41, 5.74) is 7.24. The first kappa shape index (κ1) is 17.5.